The van der Waals surface area contributed by atoms with Crippen LogP contribution in [0.4, 0.5) is 0 Å². The van der Waals surface area contributed by atoms with Crippen LogP contribution >= 0.6 is 0 Å². The number of ether oxygens (including phenoxy) is 2. The molecular weight excluding hydrogens is 278 g/mol. The van der Waals surface area contributed by atoms with Gasteiger partial charge in [0.05, 0.1) is 5.54 Å². The Morgan fingerprint density at radius 2 is 1.77 bits per heavy atom. The Morgan fingerprint density at radius 3 is 2.50 bits per heavy atom. The van der Waals surface area contributed by atoms with Gasteiger partial charge in [-0.3, -0.25) is 4.79 Å². The molecule has 1 saturated carbocycles. The predicted octanol–water partition coefficient (Wildman–Crippen LogP) is 3.39. The van der Waals surface area contributed by atoms with Gasteiger partial charge in [-0.25, -0.2) is 0 Å². The van der Waals surface area contributed by atoms with Crippen LogP contribution in [0.5, 0.6) is 11.5 Å². The molecule has 0 radical (unpaired) electrons. The van der Waals surface area contributed by atoms with Gasteiger partial charge in [-0.05, 0) is 44.4 Å². The third-order valence-electron chi connectivity index (χ3n) is 4.68. The molecule has 1 aromatic rings. The minimum atomic E-state index is -0.412. The van der Waals surface area contributed by atoms with E-state index in [2.05, 4.69) is 5.32 Å². The number of hydrogen-bond donors (Lipinski definition) is 1. The van der Waals surface area contributed by atoms with E-state index in [4.69, 9.17) is 9.47 Å². The predicted molar refractivity (Wildman–Crippen MR) is 85.2 cm³/mol. The molecule has 1 aliphatic heterocycles. The van der Waals surface area contributed by atoms with Crippen LogP contribution in [0.15, 0.2) is 18.2 Å². The third kappa shape index (κ3) is 3.21. The van der Waals surface area contributed by atoms with Crippen LogP contribution in [0.1, 0.15) is 51.5 Å². The van der Waals surface area contributed by atoms with E-state index in [-0.39, 0.29) is 11.8 Å². The molecule has 2 aliphatic rings. The number of fused-ring (bicyclic) bond motifs is 1. The molecule has 4 nitrogen and oxygen atoms in total. The first kappa shape index (κ1) is 15.2. The number of carbonyl (C=O) groups is 1. The van der Waals surface area contributed by atoms with Crippen LogP contribution < -0.4 is 14.8 Å². The maximum Gasteiger partial charge on any atom is 0.223 e. The normalized spacial score (nSPS) is 18.8. The summed E-state index contributed by atoms with van der Waals surface area (Å²) < 4.78 is 11.2. The van der Waals surface area contributed by atoms with Crippen molar-refractivity contribution >= 4 is 5.91 Å². The van der Waals surface area contributed by atoms with Crippen LogP contribution in [0.2, 0.25) is 0 Å². The molecular formula is C18H25NO3. The fourth-order valence-corrected chi connectivity index (χ4v) is 3.28. The Hall–Kier alpha value is -1.71. The summed E-state index contributed by atoms with van der Waals surface area (Å²) in [6.45, 7) is 5.25. The fourth-order valence-electron chi connectivity index (χ4n) is 3.28. The molecule has 120 valence electrons. The maximum absolute atomic E-state index is 12.5. The standard InChI is InChI=1S/C18H25NO3/c1-18(2,19-17(20)13-6-4-3-5-7-13)14-8-9-15-16(12-14)22-11-10-21-15/h8-9,12-13H,3-7,10-11H2,1-2H3,(H,19,20). The number of carbonyl (C=O) groups excluding carboxylic acids is 1. The molecule has 0 aromatic heterocycles. The first-order valence-electron chi connectivity index (χ1n) is 8.28. The summed E-state index contributed by atoms with van der Waals surface area (Å²) in [4.78, 5) is 12.5. The summed E-state index contributed by atoms with van der Waals surface area (Å²) in [5.41, 5.74) is 0.630. The Labute approximate surface area is 132 Å². The molecule has 4 heteroatoms. The van der Waals surface area contributed by atoms with Gasteiger partial charge in [0, 0.05) is 5.92 Å². The zero-order chi connectivity index (χ0) is 15.6. The van der Waals surface area contributed by atoms with E-state index < -0.39 is 5.54 Å². The molecule has 0 saturated heterocycles. The van der Waals surface area contributed by atoms with E-state index >= 15 is 0 Å². The highest BCUT2D eigenvalue weighted by atomic mass is 16.6. The molecule has 1 aromatic carbocycles. The Morgan fingerprint density at radius 1 is 1.09 bits per heavy atom. The van der Waals surface area contributed by atoms with E-state index in [1.807, 2.05) is 32.0 Å². The highest BCUT2D eigenvalue weighted by Crippen LogP contribution is 2.34. The maximum atomic E-state index is 12.5. The fraction of sp³-hybridized carbons (Fsp3) is 0.611. The lowest BCUT2D eigenvalue weighted by Crippen LogP contribution is -2.44. The number of benzene rings is 1. The van der Waals surface area contributed by atoms with Crippen LogP contribution in [-0.4, -0.2) is 19.1 Å². The minimum Gasteiger partial charge on any atom is -0.486 e. The van der Waals surface area contributed by atoms with Gasteiger partial charge < -0.3 is 14.8 Å². The van der Waals surface area contributed by atoms with Gasteiger partial charge in [-0.15, -0.1) is 0 Å². The lowest BCUT2D eigenvalue weighted by Gasteiger charge is -2.31. The molecule has 1 fully saturated rings. The highest BCUT2D eigenvalue weighted by Gasteiger charge is 2.29. The summed E-state index contributed by atoms with van der Waals surface area (Å²) in [5, 5.41) is 3.21. The monoisotopic (exact) mass is 303 g/mol. The highest BCUT2D eigenvalue weighted by molar-refractivity contribution is 5.79. The third-order valence-corrected chi connectivity index (χ3v) is 4.68. The Balaban J connectivity index is 1.72. The van der Waals surface area contributed by atoms with Crippen molar-refractivity contribution < 1.29 is 14.3 Å². The van der Waals surface area contributed by atoms with Crippen molar-refractivity contribution in [1.82, 2.24) is 5.32 Å². The van der Waals surface area contributed by atoms with Crippen molar-refractivity contribution in [3.05, 3.63) is 23.8 Å². The first-order valence-corrected chi connectivity index (χ1v) is 8.28. The molecule has 22 heavy (non-hydrogen) atoms. The number of rotatable bonds is 3. The zero-order valence-corrected chi connectivity index (χ0v) is 13.5. The molecule has 1 N–H and O–H groups in total. The average Bonchev–Trinajstić information content (AvgIpc) is 2.55. The SMILES string of the molecule is CC(C)(NC(=O)C1CCCCC1)c1ccc2c(c1)OCCO2. The smallest absolute Gasteiger partial charge is 0.223 e. The van der Waals surface area contributed by atoms with Crippen molar-refractivity contribution in [2.45, 2.75) is 51.5 Å². The van der Waals surface area contributed by atoms with Gasteiger partial charge >= 0.3 is 0 Å². The minimum absolute atomic E-state index is 0.172. The van der Waals surface area contributed by atoms with Crippen LogP contribution in [-0.2, 0) is 10.3 Å². The van der Waals surface area contributed by atoms with Gasteiger partial charge in [0.25, 0.3) is 0 Å². The van der Waals surface area contributed by atoms with Crippen molar-refractivity contribution in [2.24, 2.45) is 5.92 Å². The summed E-state index contributed by atoms with van der Waals surface area (Å²) in [5.74, 6) is 1.90. The van der Waals surface area contributed by atoms with Gasteiger partial charge in [0.1, 0.15) is 13.2 Å². The van der Waals surface area contributed by atoms with E-state index in [0.717, 1.165) is 29.9 Å². The molecule has 0 bridgehead atoms. The van der Waals surface area contributed by atoms with Crippen molar-refractivity contribution in [3.8, 4) is 11.5 Å². The van der Waals surface area contributed by atoms with Crippen LogP contribution in [0.25, 0.3) is 0 Å². The quantitative estimate of drug-likeness (QED) is 0.931. The second kappa shape index (κ2) is 6.19. The number of amides is 1. The summed E-state index contributed by atoms with van der Waals surface area (Å²) in [6, 6.07) is 5.92. The molecule has 1 aliphatic carbocycles. The number of nitrogens with one attached hydrogen (secondary N) is 1. The Bertz CT molecular complexity index is 547. The molecule has 0 unspecified atom stereocenters. The van der Waals surface area contributed by atoms with Gasteiger partial charge in [0.15, 0.2) is 11.5 Å². The van der Waals surface area contributed by atoms with E-state index in [1.165, 1.54) is 19.3 Å². The molecule has 1 amide bonds. The van der Waals surface area contributed by atoms with E-state index in [1.54, 1.807) is 0 Å². The van der Waals surface area contributed by atoms with Gasteiger partial charge in [-0.2, -0.15) is 0 Å². The van der Waals surface area contributed by atoms with Crippen LogP contribution in [0.3, 0.4) is 0 Å². The van der Waals surface area contributed by atoms with Gasteiger partial charge in [0.2, 0.25) is 5.91 Å². The molecule has 0 spiro atoms. The summed E-state index contributed by atoms with van der Waals surface area (Å²) in [6.07, 6.45) is 5.63. The van der Waals surface area contributed by atoms with Gasteiger partial charge in [-0.1, -0.05) is 25.3 Å². The molecule has 3 rings (SSSR count). The average molecular weight is 303 g/mol. The lowest BCUT2D eigenvalue weighted by atomic mass is 9.87. The number of hydrogen-bond acceptors (Lipinski definition) is 3. The zero-order valence-electron chi connectivity index (χ0n) is 13.5. The second-order valence-electron chi connectivity index (χ2n) is 6.81. The second-order valence-corrected chi connectivity index (χ2v) is 6.81. The summed E-state index contributed by atoms with van der Waals surface area (Å²) in [7, 11) is 0. The largest absolute Gasteiger partial charge is 0.486 e. The molecule has 1 heterocycles. The topological polar surface area (TPSA) is 47.6 Å². The van der Waals surface area contributed by atoms with Crippen molar-refractivity contribution in [1.29, 1.82) is 0 Å². The van der Waals surface area contributed by atoms with E-state index in [9.17, 15) is 4.79 Å². The van der Waals surface area contributed by atoms with Crippen molar-refractivity contribution in [2.75, 3.05) is 13.2 Å². The lowest BCUT2D eigenvalue weighted by molar-refractivity contribution is -0.127. The van der Waals surface area contributed by atoms with E-state index in [0.29, 0.717) is 13.2 Å². The molecule has 0 atom stereocenters. The first-order chi connectivity index (χ1) is 10.6. The van der Waals surface area contributed by atoms with Crippen LogP contribution in [0, 0.1) is 5.92 Å². The Kier molecular flexibility index (Phi) is 4.27. The van der Waals surface area contributed by atoms with Crippen molar-refractivity contribution in [3.63, 3.8) is 0 Å². The summed E-state index contributed by atoms with van der Waals surface area (Å²) >= 11 is 0.